The molecule has 1 aromatic carbocycles. The Hall–Kier alpha value is -1.71. The van der Waals surface area contributed by atoms with Gasteiger partial charge in [0.1, 0.15) is 11.5 Å². The first kappa shape index (κ1) is 18.3. The maximum atomic E-state index is 12.7. The van der Waals surface area contributed by atoms with Crippen molar-refractivity contribution in [3.63, 3.8) is 0 Å². The molecule has 0 bridgehead atoms. The summed E-state index contributed by atoms with van der Waals surface area (Å²) in [5.41, 5.74) is 0.865. The molecule has 1 aromatic rings. The Kier molecular flexibility index (Phi) is 7.22. The summed E-state index contributed by atoms with van der Waals surface area (Å²) in [5, 5.41) is 0. The quantitative estimate of drug-likeness (QED) is 0.739. The fourth-order valence-corrected chi connectivity index (χ4v) is 2.45. The molecule has 4 heteroatoms. The van der Waals surface area contributed by atoms with Crippen molar-refractivity contribution < 1.29 is 14.3 Å². The number of amides is 1. The van der Waals surface area contributed by atoms with E-state index in [-0.39, 0.29) is 5.91 Å². The number of ether oxygens (including phenoxy) is 2. The fourth-order valence-electron chi connectivity index (χ4n) is 2.45. The summed E-state index contributed by atoms with van der Waals surface area (Å²) in [6, 6.07) is 5.56. The second-order valence-corrected chi connectivity index (χ2v) is 6.44. The maximum Gasteiger partial charge on any atom is 0.227 e. The van der Waals surface area contributed by atoms with Crippen LogP contribution < -0.4 is 9.47 Å². The van der Waals surface area contributed by atoms with Gasteiger partial charge in [0.25, 0.3) is 0 Å². The predicted molar refractivity (Wildman–Crippen MR) is 89.5 cm³/mol. The minimum Gasteiger partial charge on any atom is -0.497 e. The number of hydrogen-bond donors (Lipinski definition) is 0. The maximum absolute atomic E-state index is 12.7. The third kappa shape index (κ3) is 5.58. The smallest absolute Gasteiger partial charge is 0.227 e. The van der Waals surface area contributed by atoms with E-state index in [4.69, 9.17) is 9.47 Å². The van der Waals surface area contributed by atoms with Gasteiger partial charge in [0.2, 0.25) is 5.91 Å². The monoisotopic (exact) mass is 307 g/mol. The van der Waals surface area contributed by atoms with Crippen molar-refractivity contribution in [1.29, 1.82) is 0 Å². The highest BCUT2D eigenvalue weighted by atomic mass is 16.5. The molecule has 0 saturated heterocycles. The zero-order valence-electron chi connectivity index (χ0n) is 14.7. The van der Waals surface area contributed by atoms with E-state index in [9.17, 15) is 4.79 Å². The first-order chi connectivity index (χ1) is 10.4. The summed E-state index contributed by atoms with van der Waals surface area (Å²) in [7, 11) is 3.24. The molecule has 0 unspecified atom stereocenters. The van der Waals surface area contributed by atoms with Gasteiger partial charge >= 0.3 is 0 Å². The molecule has 22 heavy (non-hydrogen) atoms. The number of methoxy groups -OCH3 is 2. The molecule has 0 aliphatic carbocycles. The summed E-state index contributed by atoms with van der Waals surface area (Å²) < 4.78 is 10.6. The predicted octanol–water partition coefficient (Wildman–Crippen LogP) is 3.39. The molecule has 4 nitrogen and oxygen atoms in total. The zero-order valence-corrected chi connectivity index (χ0v) is 14.7. The van der Waals surface area contributed by atoms with Crippen LogP contribution >= 0.6 is 0 Å². The lowest BCUT2D eigenvalue weighted by molar-refractivity contribution is -0.131. The molecule has 1 rings (SSSR count). The van der Waals surface area contributed by atoms with Crippen molar-refractivity contribution in [3.05, 3.63) is 23.8 Å². The third-order valence-corrected chi connectivity index (χ3v) is 3.35. The minimum absolute atomic E-state index is 0.133. The van der Waals surface area contributed by atoms with Crippen LogP contribution in [-0.2, 0) is 11.2 Å². The van der Waals surface area contributed by atoms with E-state index in [2.05, 4.69) is 27.7 Å². The highest BCUT2D eigenvalue weighted by molar-refractivity contribution is 5.79. The summed E-state index contributed by atoms with van der Waals surface area (Å²) in [5.74, 6) is 2.50. The third-order valence-electron chi connectivity index (χ3n) is 3.35. The second-order valence-electron chi connectivity index (χ2n) is 6.44. The van der Waals surface area contributed by atoms with Gasteiger partial charge in [-0.1, -0.05) is 27.7 Å². The Morgan fingerprint density at radius 2 is 1.64 bits per heavy atom. The Morgan fingerprint density at radius 1 is 1.05 bits per heavy atom. The second kappa shape index (κ2) is 8.66. The zero-order chi connectivity index (χ0) is 16.7. The standard InChI is InChI=1S/C18H29NO3/c1-13(2)11-19(12-14(3)4)18(20)10-15-9-16(21-5)7-8-17(15)22-6/h7-9,13-14H,10-12H2,1-6H3. The van der Waals surface area contributed by atoms with E-state index >= 15 is 0 Å². The number of carbonyl (C=O) groups is 1. The average Bonchev–Trinajstić information content (AvgIpc) is 2.45. The van der Waals surface area contributed by atoms with Crippen LogP contribution in [0.25, 0.3) is 0 Å². The van der Waals surface area contributed by atoms with E-state index in [0.29, 0.717) is 18.3 Å². The molecule has 124 valence electrons. The van der Waals surface area contributed by atoms with Crippen molar-refractivity contribution in [2.45, 2.75) is 34.1 Å². The van der Waals surface area contributed by atoms with Crippen LogP contribution in [0, 0.1) is 11.8 Å². The lowest BCUT2D eigenvalue weighted by Gasteiger charge is -2.27. The highest BCUT2D eigenvalue weighted by Gasteiger charge is 2.18. The van der Waals surface area contributed by atoms with Crippen LogP contribution in [-0.4, -0.2) is 38.1 Å². The Balaban J connectivity index is 2.92. The van der Waals surface area contributed by atoms with Crippen LogP contribution in [0.2, 0.25) is 0 Å². The van der Waals surface area contributed by atoms with E-state index in [1.807, 2.05) is 23.1 Å². The summed E-state index contributed by atoms with van der Waals surface area (Å²) in [6.45, 7) is 10.1. The van der Waals surface area contributed by atoms with Crippen molar-refractivity contribution in [1.82, 2.24) is 4.90 Å². The van der Waals surface area contributed by atoms with Crippen molar-refractivity contribution in [3.8, 4) is 11.5 Å². The van der Waals surface area contributed by atoms with Crippen LogP contribution in [0.3, 0.4) is 0 Å². The highest BCUT2D eigenvalue weighted by Crippen LogP contribution is 2.25. The molecule has 0 fully saturated rings. The van der Waals surface area contributed by atoms with E-state index < -0.39 is 0 Å². The van der Waals surface area contributed by atoms with Gasteiger partial charge in [-0.05, 0) is 30.0 Å². The number of rotatable bonds is 8. The lowest BCUT2D eigenvalue weighted by Crippen LogP contribution is -2.38. The van der Waals surface area contributed by atoms with Crippen LogP contribution in [0.15, 0.2) is 18.2 Å². The van der Waals surface area contributed by atoms with Gasteiger partial charge in [0.15, 0.2) is 0 Å². The van der Waals surface area contributed by atoms with Gasteiger partial charge in [-0.3, -0.25) is 4.79 Å². The molecular formula is C18H29NO3. The molecule has 0 atom stereocenters. The van der Waals surface area contributed by atoms with Gasteiger partial charge in [0.05, 0.1) is 20.6 Å². The first-order valence-electron chi connectivity index (χ1n) is 7.86. The first-order valence-corrected chi connectivity index (χ1v) is 7.86. The number of carbonyl (C=O) groups excluding carboxylic acids is 1. The molecule has 0 spiro atoms. The number of hydrogen-bond acceptors (Lipinski definition) is 3. The molecule has 0 aromatic heterocycles. The van der Waals surface area contributed by atoms with Crippen molar-refractivity contribution >= 4 is 5.91 Å². The molecule has 0 N–H and O–H groups in total. The minimum atomic E-state index is 0.133. The lowest BCUT2D eigenvalue weighted by atomic mass is 10.1. The van der Waals surface area contributed by atoms with Gasteiger partial charge in [-0.25, -0.2) is 0 Å². The molecule has 0 heterocycles. The summed E-state index contributed by atoms with van der Waals surface area (Å²) in [4.78, 5) is 14.6. The van der Waals surface area contributed by atoms with Gasteiger partial charge in [-0.15, -0.1) is 0 Å². The SMILES string of the molecule is COc1ccc(OC)c(CC(=O)N(CC(C)C)CC(C)C)c1. The van der Waals surface area contributed by atoms with E-state index in [1.165, 1.54) is 0 Å². The van der Waals surface area contributed by atoms with Gasteiger partial charge in [-0.2, -0.15) is 0 Å². The van der Waals surface area contributed by atoms with Gasteiger partial charge < -0.3 is 14.4 Å². The summed E-state index contributed by atoms with van der Waals surface area (Å²) >= 11 is 0. The Bertz CT molecular complexity index is 473. The molecule has 0 radical (unpaired) electrons. The molecule has 0 aliphatic heterocycles. The molecule has 0 saturated carbocycles. The Labute approximate surface area is 134 Å². The Morgan fingerprint density at radius 3 is 2.09 bits per heavy atom. The number of benzene rings is 1. The number of nitrogens with zero attached hydrogens (tertiary/aromatic N) is 1. The average molecular weight is 307 g/mol. The van der Waals surface area contributed by atoms with Crippen molar-refractivity contribution in [2.75, 3.05) is 27.3 Å². The fraction of sp³-hybridized carbons (Fsp3) is 0.611. The molecule has 1 amide bonds. The van der Waals surface area contributed by atoms with Crippen LogP contribution in [0.1, 0.15) is 33.3 Å². The largest absolute Gasteiger partial charge is 0.497 e. The van der Waals surface area contributed by atoms with Crippen molar-refractivity contribution in [2.24, 2.45) is 11.8 Å². The van der Waals surface area contributed by atoms with E-state index in [0.717, 1.165) is 30.2 Å². The normalized spacial score (nSPS) is 10.9. The van der Waals surface area contributed by atoms with E-state index in [1.54, 1.807) is 14.2 Å². The molecular weight excluding hydrogens is 278 g/mol. The van der Waals surface area contributed by atoms with Crippen LogP contribution in [0.4, 0.5) is 0 Å². The van der Waals surface area contributed by atoms with Gasteiger partial charge in [0, 0.05) is 18.7 Å². The summed E-state index contributed by atoms with van der Waals surface area (Å²) in [6.07, 6.45) is 0.333. The molecule has 0 aliphatic rings. The topological polar surface area (TPSA) is 38.8 Å². The van der Waals surface area contributed by atoms with Crippen LogP contribution in [0.5, 0.6) is 11.5 Å².